The van der Waals surface area contributed by atoms with Crippen LogP contribution in [0.2, 0.25) is 0 Å². The van der Waals surface area contributed by atoms with Crippen molar-refractivity contribution in [3.05, 3.63) is 90.3 Å². The van der Waals surface area contributed by atoms with Crippen LogP contribution in [-0.4, -0.2) is 41.7 Å². The summed E-state index contributed by atoms with van der Waals surface area (Å²) in [6.07, 6.45) is 1.80. The van der Waals surface area contributed by atoms with Gasteiger partial charge in [0.25, 0.3) is 0 Å². The molecular weight excluding hydrogens is 386 g/mol. The van der Waals surface area contributed by atoms with Crippen molar-refractivity contribution in [2.75, 3.05) is 26.8 Å². The third-order valence-electron chi connectivity index (χ3n) is 5.77. The molecule has 5 heteroatoms. The molecule has 0 spiro atoms. The van der Waals surface area contributed by atoms with E-state index in [2.05, 4.69) is 46.3 Å². The highest BCUT2D eigenvalue weighted by atomic mass is 16.5. The van der Waals surface area contributed by atoms with Crippen LogP contribution < -0.4 is 4.74 Å². The first-order valence-electron chi connectivity index (χ1n) is 10.6. The Hall–Kier alpha value is -3.28. The van der Waals surface area contributed by atoms with Crippen LogP contribution in [0.4, 0.5) is 0 Å². The molecule has 5 nitrogen and oxygen atoms in total. The number of methoxy groups -OCH3 is 1. The largest absolute Gasteiger partial charge is 0.497 e. The van der Waals surface area contributed by atoms with Crippen molar-refractivity contribution in [1.29, 1.82) is 0 Å². The van der Waals surface area contributed by atoms with Crippen LogP contribution in [0.5, 0.6) is 5.75 Å². The van der Waals surface area contributed by atoms with E-state index in [0.29, 0.717) is 6.61 Å². The highest BCUT2D eigenvalue weighted by Crippen LogP contribution is 2.27. The number of hydrogen-bond donors (Lipinski definition) is 0. The van der Waals surface area contributed by atoms with Gasteiger partial charge in [-0.15, -0.1) is 0 Å². The topological polar surface area (TPSA) is 47.5 Å². The van der Waals surface area contributed by atoms with Crippen molar-refractivity contribution in [1.82, 2.24) is 14.9 Å². The SMILES string of the molecule is COc1ccc(-c2cccc(C3CN(Cc4cccc5ncccc45)CCO3)n2)cc1. The Kier molecular flexibility index (Phi) is 5.61. The van der Waals surface area contributed by atoms with Gasteiger partial charge < -0.3 is 9.47 Å². The molecule has 2 aromatic heterocycles. The lowest BCUT2D eigenvalue weighted by Crippen LogP contribution is -2.38. The first-order valence-corrected chi connectivity index (χ1v) is 10.6. The van der Waals surface area contributed by atoms with E-state index >= 15 is 0 Å². The van der Waals surface area contributed by atoms with Gasteiger partial charge in [-0.2, -0.15) is 0 Å². The van der Waals surface area contributed by atoms with Gasteiger partial charge in [0.15, 0.2) is 0 Å². The number of nitrogens with zero attached hydrogens (tertiary/aromatic N) is 3. The Balaban J connectivity index is 1.34. The van der Waals surface area contributed by atoms with E-state index in [-0.39, 0.29) is 6.10 Å². The summed E-state index contributed by atoms with van der Waals surface area (Å²) >= 11 is 0. The van der Waals surface area contributed by atoms with Gasteiger partial charge in [0.2, 0.25) is 0 Å². The average Bonchev–Trinajstić information content (AvgIpc) is 2.85. The van der Waals surface area contributed by atoms with Crippen molar-refractivity contribution in [2.45, 2.75) is 12.6 Å². The van der Waals surface area contributed by atoms with Gasteiger partial charge in [0.05, 0.1) is 30.6 Å². The number of fused-ring (bicyclic) bond motifs is 1. The van der Waals surface area contributed by atoms with E-state index < -0.39 is 0 Å². The van der Waals surface area contributed by atoms with Crippen LogP contribution in [0.25, 0.3) is 22.2 Å². The lowest BCUT2D eigenvalue weighted by Gasteiger charge is -2.33. The van der Waals surface area contributed by atoms with Crippen LogP contribution >= 0.6 is 0 Å². The molecule has 4 aromatic rings. The fourth-order valence-corrected chi connectivity index (χ4v) is 4.12. The lowest BCUT2D eigenvalue weighted by molar-refractivity contribution is -0.0348. The summed E-state index contributed by atoms with van der Waals surface area (Å²) in [6.45, 7) is 3.30. The summed E-state index contributed by atoms with van der Waals surface area (Å²) in [7, 11) is 1.68. The quantitative estimate of drug-likeness (QED) is 0.468. The molecule has 0 amide bonds. The predicted octanol–water partition coefficient (Wildman–Crippen LogP) is 4.88. The van der Waals surface area contributed by atoms with Crippen LogP contribution in [0.3, 0.4) is 0 Å². The maximum Gasteiger partial charge on any atom is 0.118 e. The van der Waals surface area contributed by atoms with E-state index in [1.807, 2.05) is 42.6 Å². The normalized spacial score (nSPS) is 17.0. The van der Waals surface area contributed by atoms with Crippen molar-refractivity contribution in [3.63, 3.8) is 0 Å². The number of benzene rings is 2. The second-order valence-electron chi connectivity index (χ2n) is 7.76. The molecule has 1 aliphatic heterocycles. The first-order chi connectivity index (χ1) is 15.3. The molecule has 0 aliphatic carbocycles. The molecule has 1 saturated heterocycles. The molecule has 2 aromatic carbocycles. The Morgan fingerprint density at radius 3 is 2.74 bits per heavy atom. The molecule has 31 heavy (non-hydrogen) atoms. The Labute approximate surface area is 182 Å². The minimum Gasteiger partial charge on any atom is -0.497 e. The second-order valence-corrected chi connectivity index (χ2v) is 7.76. The zero-order chi connectivity index (χ0) is 21.0. The molecule has 1 unspecified atom stereocenters. The van der Waals surface area contributed by atoms with Crippen LogP contribution in [0, 0.1) is 0 Å². The van der Waals surface area contributed by atoms with Crippen molar-refractivity contribution >= 4 is 10.9 Å². The van der Waals surface area contributed by atoms with Crippen molar-refractivity contribution in [3.8, 4) is 17.0 Å². The summed E-state index contributed by atoms with van der Waals surface area (Å²) < 4.78 is 11.4. The van der Waals surface area contributed by atoms with Gasteiger partial charge in [-0.05, 0) is 54.1 Å². The molecule has 1 atom stereocenters. The molecular formula is C26H25N3O2. The monoisotopic (exact) mass is 411 g/mol. The second kappa shape index (κ2) is 8.84. The van der Waals surface area contributed by atoms with Crippen molar-refractivity contribution in [2.24, 2.45) is 0 Å². The van der Waals surface area contributed by atoms with Crippen molar-refractivity contribution < 1.29 is 9.47 Å². The molecule has 1 fully saturated rings. The minimum atomic E-state index is -0.0416. The molecule has 0 saturated carbocycles. The van der Waals surface area contributed by atoms with Gasteiger partial charge in [-0.25, -0.2) is 0 Å². The van der Waals surface area contributed by atoms with E-state index in [9.17, 15) is 0 Å². The van der Waals surface area contributed by atoms with Gasteiger partial charge in [-0.1, -0.05) is 24.3 Å². The number of rotatable bonds is 5. The van der Waals surface area contributed by atoms with Gasteiger partial charge in [0, 0.05) is 36.8 Å². The highest BCUT2D eigenvalue weighted by molar-refractivity contribution is 5.81. The summed E-state index contributed by atoms with van der Waals surface area (Å²) in [5.41, 5.74) is 5.32. The molecule has 3 heterocycles. The Morgan fingerprint density at radius 2 is 1.87 bits per heavy atom. The van der Waals surface area contributed by atoms with E-state index in [0.717, 1.165) is 47.9 Å². The zero-order valence-corrected chi connectivity index (χ0v) is 17.6. The Morgan fingerprint density at radius 1 is 1.00 bits per heavy atom. The fraction of sp³-hybridized carbons (Fsp3) is 0.231. The zero-order valence-electron chi connectivity index (χ0n) is 17.6. The molecule has 156 valence electrons. The predicted molar refractivity (Wildman–Crippen MR) is 122 cm³/mol. The molecule has 0 radical (unpaired) electrons. The molecule has 0 N–H and O–H groups in total. The summed E-state index contributed by atoms with van der Waals surface area (Å²) in [4.78, 5) is 11.8. The average molecular weight is 412 g/mol. The number of hydrogen-bond acceptors (Lipinski definition) is 5. The third kappa shape index (κ3) is 4.29. The standard InChI is InChI=1S/C26H25N3O2/c1-30-21-12-10-19(11-13-21)23-7-3-9-25(28-23)26-18-29(15-16-31-26)17-20-5-2-8-24-22(20)6-4-14-27-24/h2-14,26H,15-18H2,1H3. The van der Waals surface area contributed by atoms with E-state index in [1.54, 1.807) is 7.11 Å². The minimum absolute atomic E-state index is 0.0416. The molecule has 5 rings (SSSR count). The Bertz CT molecular complexity index is 1170. The van der Waals surface area contributed by atoms with E-state index in [1.165, 1.54) is 10.9 Å². The lowest BCUT2D eigenvalue weighted by atomic mass is 10.1. The molecule has 1 aliphatic rings. The number of aromatic nitrogens is 2. The third-order valence-corrected chi connectivity index (χ3v) is 5.77. The van der Waals surface area contributed by atoms with Gasteiger partial charge >= 0.3 is 0 Å². The van der Waals surface area contributed by atoms with E-state index in [4.69, 9.17) is 14.5 Å². The molecule has 0 bridgehead atoms. The first kappa shape index (κ1) is 19.7. The maximum absolute atomic E-state index is 6.11. The van der Waals surface area contributed by atoms with Gasteiger partial charge in [-0.3, -0.25) is 14.9 Å². The summed E-state index contributed by atoms with van der Waals surface area (Å²) in [6, 6.07) is 24.6. The number of ether oxygens (including phenoxy) is 2. The number of morpholine rings is 1. The van der Waals surface area contributed by atoms with Crippen LogP contribution in [0.1, 0.15) is 17.4 Å². The van der Waals surface area contributed by atoms with Gasteiger partial charge in [0.1, 0.15) is 11.9 Å². The fourth-order valence-electron chi connectivity index (χ4n) is 4.12. The number of pyridine rings is 2. The van der Waals surface area contributed by atoms with Crippen LogP contribution in [0.15, 0.2) is 79.0 Å². The maximum atomic E-state index is 6.11. The van der Waals surface area contributed by atoms with Crippen LogP contribution in [-0.2, 0) is 11.3 Å². The summed E-state index contributed by atoms with van der Waals surface area (Å²) in [5.74, 6) is 0.842. The smallest absolute Gasteiger partial charge is 0.118 e. The highest BCUT2D eigenvalue weighted by Gasteiger charge is 2.24. The summed E-state index contributed by atoms with van der Waals surface area (Å²) in [5, 5.41) is 1.22.